The number of carboxylic acid groups (broad SMARTS) is 1. The topological polar surface area (TPSA) is 75.6 Å². The summed E-state index contributed by atoms with van der Waals surface area (Å²) in [6.07, 6.45) is -12.5. The van der Waals surface area contributed by atoms with E-state index in [0.717, 1.165) is 13.0 Å². The Morgan fingerprint density at radius 2 is 1.51 bits per heavy atom. The summed E-state index contributed by atoms with van der Waals surface area (Å²) in [6.45, 7) is 5.59. The molecule has 0 fully saturated rings. The average Bonchev–Trinajstić information content (AvgIpc) is 2.65. The molecule has 2 N–H and O–H groups in total. The summed E-state index contributed by atoms with van der Waals surface area (Å²) in [4.78, 5) is 23.6. The highest BCUT2D eigenvalue weighted by Gasteiger charge is 2.41. The van der Waals surface area contributed by atoms with E-state index >= 15 is 4.39 Å². The second-order valence-electron chi connectivity index (χ2n) is 8.72. The number of carbonyl (C=O) groups excluding carboxylic acids is 1. The third-order valence-corrected chi connectivity index (χ3v) is 4.69. The van der Waals surface area contributed by atoms with Gasteiger partial charge in [0.15, 0.2) is 0 Å². The first-order valence-corrected chi connectivity index (χ1v) is 10.1. The maximum Gasteiger partial charge on any atom is 0.417 e. The first-order valence-electron chi connectivity index (χ1n) is 10.1. The van der Waals surface area contributed by atoms with Crippen LogP contribution >= 0.6 is 0 Å². The predicted molar refractivity (Wildman–Crippen MR) is 111 cm³/mol. The summed E-state index contributed by atoms with van der Waals surface area (Å²) in [5, 5.41) is 11.4. The van der Waals surface area contributed by atoms with Crippen LogP contribution in [0.4, 0.5) is 35.5 Å². The molecule has 0 bridgehead atoms. The Kier molecular flexibility index (Phi) is 7.78. The molecule has 0 spiro atoms. The molecular formula is C23H22F7NO4. The Labute approximate surface area is 195 Å². The minimum atomic E-state index is -5.19. The summed E-state index contributed by atoms with van der Waals surface area (Å²) < 4.78 is 102. The molecule has 5 nitrogen and oxygen atoms in total. The number of aryl methyl sites for hydroxylation is 1. The van der Waals surface area contributed by atoms with Crippen LogP contribution in [0.3, 0.4) is 0 Å². The lowest BCUT2D eigenvalue weighted by Gasteiger charge is -2.25. The summed E-state index contributed by atoms with van der Waals surface area (Å²) in [7, 11) is 0. The van der Waals surface area contributed by atoms with Crippen molar-refractivity contribution >= 4 is 12.1 Å². The van der Waals surface area contributed by atoms with Crippen molar-refractivity contribution < 1.29 is 50.2 Å². The van der Waals surface area contributed by atoms with Crippen molar-refractivity contribution in [2.45, 2.75) is 58.1 Å². The van der Waals surface area contributed by atoms with E-state index in [0.29, 0.717) is 24.3 Å². The average molecular weight is 509 g/mol. The van der Waals surface area contributed by atoms with Crippen molar-refractivity contribution in [3.05, 3.63) is 58.4 Å². The predicted octanol–water partition coefficient (Wildman–Crippen LogP) is 6.88. The Balaban J connectivity index is 2.78. The quantitative estimate of drug-likeness (QED) is 0.431. The number of nitrogens with one attached hydrogen (secondary N) is 1. The van der Waals surface area contributed by atoms with Gasteiger partial charge in [0.25, 0.3) is 0 Å². The molecule has 35 heavy (non-hydrogen) atoms. The lowest BCUT2D eigenvalue weighted by Crippen LogP contribution is -2.36. The fourth-order valence-electron chi connectivity index (χ4n) is 3.39. The first-order chi connectivity index (χ1) is 15.8. The second-order valence-corrected chi connectivity index (χ2v) is 8.72. The number of alkyl carbamates (subject to hydrolysis) is 1. The third-order valence-electron chi connectivity index (χ3n) is 4.69. The maximum atomic E-state index is 15.0. The van der Waals surface area contributed by atoms with E-state index in [1.54, 1.807) is 0 Å². The number of hydrogen-bond acceptors (Lipinski definition) is 3. The molecule has 2 aromatic rings. The Bertz CT molecular complexity index is 1090. The van der Waals surface area contributed by atoms with E-state index in [1.807, 2.05) is 0 Å². The van der Waals surface area contributed by atoms with Gasteiger partial charge in [0.05, 0.1) is 23.6 Å². The zero-order valence-electron chi connectivity index (χ0n) is 19.0. The maximum absolute atomic E-state index is 15.0. The Morgan fingerprint density at radius 3 is 1.94 bits per heavy atom. The number of aliphatic carboxylic acids is 1. The molecule has 1 amide bonds. The van der Waals surface area contributed by atoms with Gasteiger partial charge in [0.2, 0.25) is 0 Å². The van der Waals surface area contributed by atoms with Gasteiger partial charge in [-0.25, -0.2) is 9.18 Å². The molecule has 2 rings (SSSR count). The van der Waals surface area contributed by atoms with Crippen LogP contribution in [0.1, 0.15) is 55.5 Å². The third kappa shape index (κ3) is 7.09. The van der Waals surface area contributed by atoms with Crippen LogP contribution in [-0.4, -0.2) is 22.8 Å². The highest BCUT2D eigenvalue weighted by Crippen LogP contribution is 2.45. The van der Waals surface area contributed by atoms with Crippen LogP contribution in [-0.2, 0) is 21.9 Å². The molecular weight excluding hydrogens is 487 g/mol. The molecule has 0 aliphatic carbocycles. The molecule has 12 heteroatoms. The lowest BCUT2D eigenvalue weighted by molar-refractivity contribution is -0.142. The van der Waals surface area contributed by atoms with Gasteiger partial charge in [-0.1, -0.05) is 6.07 Å². The highest BCUT2D eigenvalue weighted by atomic mass is 19.4. The largest absolute Gasteiger partial charge is 0.481 e. The van der Waals surface area contributed by atoms with E-state index < -0.39 is 76.1 Å². The van der Waals surface area contributed by atoms with Crippen LogP contribution in [0, 0.1) is 12.7 Å². The lowest BCUT2D eigenvalue weighted by atomic mass is 9.89. The molecule has 0 saturated heterocycles. The fraction of sp³-hybridized carbons (Fsp3) is 0.391. The molecule has 0 aliphatic heterocycles. The number of benzene rings is 2. The number of alkyl halides is 6. The van der Waals surface area contributed by atoms with E-state index in [9.17, 15) is 41.0 Å². The summed E-state index contributed by atoms with van der Waals surface area (Å²) >= 11 is 0. The molecule has 2 aromatic carbocycles. The summed E-state index contributed by atoms with van der Waals surface area (Å²) in [5.41, 5.74) is -7.12. The number of rotatable bonds is 5. The SMILES string of the molecule is Cc1cc(-c2c(C(F)(F)F)cccc2C(F)(F)F)cc(C(CC(=O)O)NC(=O)OC(C)(C)C)c1F. The van der Waals surface area contributed by atoms with Gasteiger partial charge in [0.1, 0.15) is 11.4 Å². The van der Waals surface area contributed by atoms with E-state index in [-0.39, 0.29) is 5.56 Å². The molecule has 192 valence electrons. The zero-order chi connectivity index (χ0) is 26.9. The van der Waals surface area contributed by atoms with Crippen molar-refractivity contribution in [3.8, 4) is 11.1 Å². The Morgan fingerprint density at radius 1 is 1.00 bits per heavy atom. The van der Waals surface area contributed by atoms with Crippen molar-refractivity contribution in [1.82, 2.24) is 5.32 Å². The second kappa shape index (κ2) is 9.74. The van der Waals surface area contributed by atoms with Gasteiger partial charge in [-0.15, -0.1) is 0 Å². The van der Waals surface area contributed by atoms with Gasteiger partial charge in [-0.2, -0.15) is 26.3 Å². The molecule has 1 unspecified atom stereocenters. The van der Waals surface area contributed by atoms with Crippen molar-refractivity contribution in [3.63, 3.8) is 0 Å². The van der Waals surface area contributed by atoms with Gasteiger partial charge in [0, 0.05) is 11.1 Å². The molecule has 0 heterocycles. The van der Waals surface area contributed by atoms with Crippen LogP contribution in [0.25, 0.3) is 11.1 Å². The van der Waals surface area contributed by atoms with E-state index in [1.165, 1.54) is 20.8 Å². The molecule has 0 radical (unpaired) electrons. The van der Waals surface area contributed by atoms with Gasteiger partial charge >= 0.3 is 24.4 Å². The van der Waals surface area contributed by atoms with E-state index in [4.69, 9.17) is 4.74 Å². The van der Waals surface area contributed by atoms with Gasteiger partial charge < -0.3 is 15.2 Å². The van der Waals surface area contributed by atoms with Crippen molar-refractivity contribution in [1.29, 1.82) is 0 Å². The normalized spacial score (nSPS) is 13.3. The Hall–Kier alpha value is -3.31. The van der Waals surface area contributed by atoms with Crippen LogP contribution in [0.15, 0.2) is 30.3 Å². The standard InChI is InChI=1S/C23H22F7NO4/c1-11-8-12(18-14(22(25,26)27)6-5-7-15(18)23(28,29)30)9-13(19(11)24)16(10-17(32)33)31-20(34)35-21(2,3)4/h5-9,16H,10H2,1-4H3,(H,31,34)(H,32,33). The fourth-order valence-corrected chi connectivity index (χ4v) is 3.39. The number of amides is 1. The van der Waals surface area contributed by atoms with Gasteiger partial charge in [-0.05, 0) is 63.1 Å². The number of ether oxygens (including phenoxy) is 1. The minimum Gasteiger partial charge on any atom is -0.481 e. The number of hydrogen-bond donors (Lipinski definition) is 2. The summed E-state index contributed by atoms with van der Waals surface area (Å²) in [5.74, 6) is -2.62. The first kappa shape index (κ1) is 27.9. The molecule has 0 aromatic heterocycles. The van der Waals surface area contributed by atoms with Gasteiger partial charge in [-0.3, -0.25) is 4.79 Å². The van der Waals surface area contributed by atoms with Crippen molar-refractivity contribution in [2.24, 2.45) is 0 Å². The van der Waals surface area contributed by atoms with Crippen LogP contribution in [0.2, 0.25) is 0 Å². The monoisotopic (exact) mass is 509 g/mol. The van der Waals surface area contributed by atoms with Crippen molar-refractivity contribution in [2.75, 3.05) is 0 Å². The number of carboxylic acids is 1. The summed E-state index contributed by atoms with van der Waals surface area (Å²) in [6, 6.07) is 1.32. The number of halogens is 7. The van der Waals surface area contributed by atoms with E-state index in [2.05, 4.69) is 5.32 Å². The highest BCUT2D eigenvalue weighted by molar-refractivity contribution is 5.76. The molecule has 0 saturated carbocycles. The van der Waals surface area contributed by atoms with Crippen LogP contribution in [0.5, 0.6) is 0 Å². The molecule has 1 atom stereocenters. The minimum absolute atomic E-state index is 0.357. The number of carbonyl (C=O) groups is 2. The van der Waals surface area contributed by atoms with Crippen LogP contribution < -0.4 is 5.32 Å². The zero-order valence-corrected chi connectivity index (χ0v) is 19.0. The molecule has 0 aliphatic rings. The smallest absolute Gasteiger partial charge is 0.417 e.